The van der Waals surface area contributed by atoms with Gasteiger partial charge in [-0.3, -0.25) is 19.3 Å². The molecule has 206 valence electrons. The lowest BCUT2D eigenvalue weighted by atomic mass is 10.0. The lowest BCUT2D eigenvalue weighted by molar-refractivity contribution is -0.151. The fraction of sp³-hybridized carbons (Fsp3) is 0.231. The van der Waals surface area contributed by atoms with Gasteiger partial charge in [-0.25, -0.2) is 14.6 Å². The molecule has 0 radical (unpaired) electrons. The van der Waals surface area contributed by atoms with Crippen molar-refractivity contribution >= 4 is 52.6 Å². The maximum atomic E-state index is 13.5. The standard InChI is InChI=1S/C26H24N6O7S/c1-27-26(38)39-11-14-12-40-24-18(23(35)32(24)19(14)25(36)37)31-21(33)17(13-7-3-2-4-8-13)30-22(34)20-28-15-9-5-6-10-16(15)29-20/h2-10,17-18,24H,11-12H2,1H3,(H,27,38)(H,28,29)(H,30,34)(H,31,33)(H,36,37)/t17?,18?,24-/m0/s1. The Morgan fingerprint density at radius 2 is 1.88 bits per heavy atom. The molecule has 3 atom stereocenters. The number of β-lactam (4-membered cyclic amide) rings is 1. The Labute approximate surface area is 231 Å². The first-order chi connectivity index (χ1) is 19.3. The summed E-state index contributed by atoms with van der Waals surface area (Å²) in [6.07, 6.45) is -0.735. The number of aromatic amines is 1. The molecular formula is C26H24N6O7S. The lowest BCUT2D eigenvalue weighted by Gasteiger charge is -2.49. The fourth-order valence-electron chi connectivity index (χ4n) is 4.46. The van der Waals surface area contributed by atoms with Gasteiger partial charge < -0.3 is 30.8 Å². The predicted molar refractivity (Wildman–Crippen MR) is 143 cm³/mol. The molecule has 5 N–H and O–H groups in total. The number of rotatable bonds is 8. The number of para-hydroxylation sites is 2. The van der Waals surface area contributed by atoms with Gasteiger partial charge in [-0.15, -0.1) is 11.8 Å². The number of hydrogen-bond acceptors (Lipinski definition) is 8. The minimum Gasteiger partial charge on any atom is -0.477 e. The zero-order chi connectivity index (χ0) is 28.4. The molecule has 2 aliphatic rings. The van der Waals surface area contributed by atoms with Gasteiger partial charge in [0.1, 0.15) is 29.8 Å². The third-order valence-corrected chi connectivity index (χ3v) is 7.74. The molecule has 5 rings (SSSR count). The van der Waals surface area contributed by atoms with E-state index in [2.05, 4.69) is 25.9 Å². The Kier molecular flexibility index (Phi) is 7.42. The summed E-state index contributed by atoms with van der Waals surface area (Å²) in [6, 6.07) is 13.4. The summed E-state index contributed by atoms with van der Waals surface area (Å²) in [4.78, 5) is 71.3. The summed E-state index contributed by atoms with van der Waals surface area (Å²) < 4.78 is 4.98. The molecule has 0 spiro atoms. The monoisotopic (exact) mass is 564 g/mol. The summed E-state index contributed by atoms with van der Waals surface area (Å²) >= 11 is 1.23. The van der Waals surface area contributed by atoms with Crippen molar-refractivity contribution in [1.29, 1.82) is 0 Å². The molecule has 40 heavy (non-hydrogen) atoms. The van der Waals surface area contributed by atoms with Crippen LogP contribution in [0.25, 0.3) is 11.0 Å². The molecule has 14 heteroatoms. The number of ether oxygens (including phenoxy) is 1. The molecule has 1 saturated heterocycles. The summed E-state index contributed by atoms with van der Waals surface area (Å²) in [5, 5.41) is 16.7. The number of nitrogens with one attached hydrogen (secondary N) is 4. The molecule has 2 aliphatic heterocycles. The van der Waals surface area contributed by atoms with Crippen molar-refractivity contribution in [2.45, 2.75) is 17.5 Å². The number of H-pyrrole nitrogens is 1. The van der Waals surface area contributed by atoms with Gasteiger partial charge in [-0.05, 0) is 17.7 Å². The summed E-state index contributed by atoms with van der Waals surface area (Å²) in [5.41, 5.74) is 1.70. The highest BCUT2D eigenvalue weighted by Crippen LogP contribution is 2.40. The van der Waals surface area contributed by atoms with Crippen LogP contribution in [0, 0.1) is 0 Å². The SMILES string of the molecule is CNC(=O)OCC1=C(C(=O)O)N2C(=O)C(NC(=O)C(NC(=O)c3nc4ccccc4[nH]3)c3ccccc3)[C@@H]2SC1. The Morgan fingerprint density at radius 3 is 2.58 bits per heavy atom. The number of carboxylic acids is 1. The van der Waals surface area contributed by atoms with Crippen LogP contribution in [0.1, 0.15) is 22.2 Å². The van der Waals surface area contributed by atoms with Crippen LogP contribution in [-0.2, 0) is 19.1 Å². The number of aliphatic carboxylic acids is 1. The van der Waals surface area contributed by atoms with Crippen LogP contribution in [0.15, 0.2) is 65.9 Å². The van der Waals surface area contributed by atoms with Crippen LogP contribution in [0.4, 0.5) is 4.79 Å². The first kappa shape index (κ1) is 26.7. The van der Waals surface area contributed by atoms with Crippen LogP contribution in [-0.4, -0.2) is 80.6 Å². The van der Waals surface area contributed by atoms with E-state index in [-0.39, 0.29) is 29.5 Å². The second kappa shape index (κ2) is 11.1. The third-order valence-electron chi connectivity index (χ3n) is 6.40. The maximum absolute atomic E-state index is 13.5. The molecule has 13 nitrogen and oxygen atoms in total. The highest BCUT2D eigenvalue weighted by atomic mass is 32.2. The Balaban J connectivity index is 1.33. The van der Waals surface area contributed by atoms with E-state index in [4.69, 9.17) is 4.74 Å². The quantitative estimate of drug-likeness (QED) is 0.250. The first-order valence-electron chi connectivity index (χ1n) is 12.1. The van der Waals surface area contributed by atoms with Crippen LogP contribution in [0.5, 0.6) is 0 Å². The van der Waals surface area contributed by atoms with Crippen molar-refractivity contribution < 1.29 is 33.8 Å². The molecule has 4 amide bonds. The van der Waals surface area contributed by atoms with E-state index in [1.165, 1.54) is 18.8 Å². The molecule has 2 aromatic carbocycles. The topological polar surface area (TPSA) is 183 Å². The predicted octanol–water partition coefficient (Wildman–Crippen LogP) is 1.13. The number of benzene rings is 2. The number of aromatic nitrogens is 2. The van der Waals surface area contributed by atoms with Crippen LogP contribution in [0.3, 0.4) is 0 Å². The Bertz CT molecular complexity index is 1510. The van der Waals surface area contributed by atoms with E-state index in [9.17, 15) is 29.1 Å². The van der Waals surface area contributed by atoms with Gasteiger partial charge >= 0.3 is 12.1 Å². The Hall–Kier alpha value is -4.85. The van der Waals surface area contributed by atoms with Crippen molar-refractivity contribution in [2.75, 3.05) is 19.4 Å². The van der Waals surface area contributed by atoms with Crippen molar-refractivity contribution in [2.24, 2.45) is 0 Å². The highest BCUT2D eigenvalue weighted by molar-refractivity contribution is 8.00. The number of nitrogens with zero attached hydrogens (tertiary/aromatic N) is 2. The summed E-state index contributed by atoms with van der Waals surface area (Å²) in [5.74, 6) is -3.06. The van der Waals surface area contributed by atoms with Gasteiger partial charge in [0.25, 0.3) is 11.8 Å². The molecule has 0 bridgehead atoms. The number of hydrogen-bond donors (Lipinski definition) is 5. The van der Waals surface area contributed by atoms with Crippen LogP contribution in [0.2, 0.25) is 0 Å². The Morgan fingerprint density at radius 1 is 1.15 bits per heavy atom. The summed E-state index contributed by atoms with van der Waals surface area (Å²) in [6.45, 7) is -0.300. The van der Waals surface area contributed by atoms with Gasteiger partial charge in [0.15, 0.2) is 5.82 Å². The molecule has 0 saturated carbocycles. The van der Waals surface area contributed by atoms with E-state index in [1.54, 1.807) is 54.6 Å². The van der Waals surface area contributed by atoms with E-state index in [1.807, 2.05) is 0 Å². The van der Waals surface area contributed by atoms with Crippen LogP contribution < -0.4 is 16.0 Å². The van der Waals surface area contributed by atoms with Gasteiger partial charge in [0.05, 0.1) is 11.0 Å². The average molecular weight is 565 g/mol. The number of carbonyl (C=O) groups is 5. The number of carbonyl (C=O) groups excluding carboxylic acids is 4. The molecule has 3 heterocycles. The van der Waals surface area contributed by atoms with Crippen molar-refractivity contribution in [1.82, 2.24) is 30.8 Å². The minimum absolute atomic E-state index is 0.0198. The van der Waals surface area contributed by atoms with Gasteiger partial charge in [0.2, 0.25) is 5.91 Å². The van der Waals surface area contributed by atoms with E-state index in [0.29, 0.717) is 16.6 Å². The number of amides is 4. The zero-order valence-corrected chi connectivity index (χ0v) is 21.9. The van der Waals surface area contributed by atoms with Gasteiger partial charge in [-0.1, -0.05) is 42.5 Å². The normalized spacial score (nSPS) is 18.8. The number of thioether (sulfide) groups is 1. The molecule has 1 aromatic heterocycles. The van der Waals surface area contributed by atoms with E-state index in [0.717, 1.165) is 4.90 Å². The van der Waals surface area contributed by atoms with Gasteiger partial charge in [0, 0.05) is 18.4 Å². The van der Waals surface area contributed by atoms with Crippen molar-refractivity contribution in [3.8, 4) is 0 Å². The second-order valence-electron chi connectivity index (χ2n) is 8.90. The third kappa shape index (κ3) is 5.08. The zero-order valence-electron chi connectivity index (χ0n) is 21.0. The highest BCUT2D eigenvalue weighted by Gasteiger charge is 2.54. The second-order valence-corrected chi connectivity index (χ2v) is 10.0. The molecule has 2 unspecified atom stereocenters. The van der Waals surface area contributed by atoms with Crippen LogP contribution >= 0.6 is 11.8 Å². The molecule has 3 aromatic rings. The first-order valence-corrected chi connectivity index (χ1v) is 13.2. The minimum atomic E-state index is -1.35. The fourth-order valence-corrected chi connectivity index (χ4v) is 5.79. The van der Waals surface area contributed by atoms with E-state index < -0.39 is 47.2 Å². The summed E-state index contributed by atoms with van der Waals surface area (Å²) in [7, 11) is 1.37. The van der Waals surface area contributed by atoms with Crippen molar-refractivity contribution in [3.05, 3.63) is 77.3 Å². The average Bonchev–Trinajstić information content (AvgIpc) is 3.41. The number of carboxylic acid groups (broad SMARTS) is 1. The smallest absolute Gasteiger partial charge is 0.407 e. The molecule has 0 aliphatic carbocycles. The van der Waals surface area contributed by atoms with Crippen molar-refractivity contribution in [3.63, 3.8) is 0 Å². The maximum Gasteiger partial charge on any atom is 0.407 e. The van der Waals surface area contributed by atoms with Gasteiger partial charge in [-0.2, -0.15) is 0 Å². The molecule has 1 fully saturated rings. The number of imidazole rings is 1. The lowest BCUT2D eigenvalue weighted by Crippen LogP contribution is -2.71. The molecular weight excluding hydrogens is 540 g/mol. The largest absolute Gasteiger partial charge is 0.477 e. The number of fused-ring (bicyclic) bond motifs is 2. The van der Waals surface area contributed by atoms with E-state index >= 15 is 0 Å². The number of alkyl carbamates (subject to hydrolysis) is 1.